The van der Waals surface area contributed by atoms with E-state index in [2.05, 4.69) is 45.2 Å². The summed E-state index contributed by atoms with van der Waals surface area (Å²) >= 11 is 0. The Bertz CT molecular complexity index is 1060. The summed E-state index contributed by atoms with van der Waals surface area (Å²) in [7, 11) is -2.21. The number of benzene rings is 1. The van der Waals surface area contributed by atoms with E-state index in [1.54, 1.807) is 24.3 Å². The fourth-order valence-corrected chi connectivity index (χ4v) is 2.69. The number of carbonyl (C=O) groups excluding carboxylic acids is 1. The second-order valence-electron chi connectivity index (χ2n) is 5.24. The molecule has 0 aliphatic heterocycles. The SMILES string of the molecule is COC(=O)c1nonc1NCn1nnnc1-c1cccc(NS(C)(=O)=O)c1. The molecule has 2 N–H and O–H groups in total. The van der Waals surface area contributed by atoms with E-state index in [4.69, 9.17) is 0 Å². The molecule has 142 valence electrons. The van der Waals surface area contributed by atoms with Gasteiger partial charge < -0.3 is 10.1 Å². The van der Waals surface area contributed by atoms with Gasteiger partial charge in [-0.2, -0.15) is 0 Å². The average molecular weight is 394 g/mol. The quantitative estimate of drug-likeness (QED) is 0.515. The summed E-state index contributed by atoms with van der Waals surface area (Å²) in [4.78, 5) is 11.6. The zero-order chi connectivity index (χ0) is 19.4. The van der Waals surface area contributed by atoms with Crippen molar-refractivity contribution in [2.24, 2.45) is 0 Å². The number of ether oxygens (including phenoxy) is 1. The highest BCUT2D eigenvalue weighted by Crippen LogP contribution is 2.21. The van der Waals surface area contributed by atoms with Crippen LogP contribution in [-0.2, 0) is 21.4 Å². The number of rotatable bonds is 7. The van der Waals surface area contributed by atoms with Gasteiger partial charge in [-0.3, -0.25) is 4.72 Å². The summed E-state index contributed by atoms with van der Waals surface area (Å²) < 4.78 is 35.6. The second kappa shape index (κ2) is 7.36. The molecule has 0 aliphatic carbocycles. The fourth-order valence-electron chi connectivity index (χ4n) is 2.14. The van der Waals surface area contributed by atoms with Gasteiger partial charge in [0.05, 0.1) is 13.4 Å². The first-order chi connectivity index (χ1) is 12.9. The van der Waals surface area contributed by atoms with Crippen molar-refractivity contribution in [1.82, 2.24) is 30.5 Å². The van der Waals surface area contributed by atoms with Crippen molar-refractivity contribution in [3.8, 4) is 11.4 Å². The summed E-state index contributed by atoms with van der Waals surface area (Å²) in [5.41, 5.74) is 0.819. The summed E-state index contributed by atoms with van der Waals surface area (Å²) in [6, 6.07) is 6.56. The van der Waals surface area contributed by atoms with Crippen molar-refractivity contribution in [3.63, 3.8) is 0 Å². The minimum Gasteiger partial charge on any atom is -0.464 e. The molecule has 1 aromatic carbocycles. The summed E-state index contributed by atoms with van der Waals surface area (Å²) in [6.45, 7) is 0.0320. The second-order valence-corrected chi connectivity index (χ2v) is 6.99. The Labute approximate surface area is 152 Å². The number of hydrogen-bond acceptors (Lipinski definition) is 11. The molecule has 2 aromatic heterocycles. The van der Waals surface area contributed by atoms with Crippen LogP contribution in [0.3, 0.4) is 0 Å². The Hall–Kier alpha value is -3.55. The standard InChI is InChI=1S/C13H14N8O5S/c1-25-13(22)10-11(17-26-16-10)14-7-21-12(15-19-20-21)8-4-3-5-9(6-8)18-27(2,23)24/h3-6,18H,7H2,1-2H3,(H,14,17). The van der Waals surface area contributed by atoms with E-state index in [0.717, 1.165) is 6.26 Å². The van der Waals surface area contributed by atoms with Crippen LogP contribution in [0.2, 0.25) is 0 Å². The number of hydrogen-bond donors (Lipinski definition) is 2. The van der Waals surface area contributed by atoms with E-state index in [9.17, 15) is 13.2 Å². The van der Waals surface area contributed by atoms with Crippen molar-refractivity contribution in [3.05, 3.63) is 30.0 Å². The number of anilines is 2. The third-order valence-corrected chi connectivity index (χ3v) is 3.83. The number of esters is 1. The largest absolute Gasteiger partial charge is 0.464 e. The van der Waals surface area contributed by atoms with Crippen molar-refractivity contribution in [1.29, 1.82) is 0 Å². The van der Waals surface area contributed by atoms with Crippen LogP contribution in [0.25, 0.3) is 11.4 Å². The van der Waals surface area contributed by atoms with E-state index >= 15 is 0 Å². The van der Waals surface area contributed by atoms with Gasteiger partial charge in [0.2, 0.25) is 21.5 Å². The van der Waals surface area contributed by atoms with E-state index < -0.39 is 16.0 Å². The lowest BCUT2D eigenvalue weighted by Gasteiger charge is -2.08. The first kappa shape index (κ1) is 18.2. The molecule has 0 amide bonds. The highest BCUT2D eigenvalue weighted by molar-refractivity contribution is 7.92. The molecule has 2 heterocycles. The van der Waals surface area contributed by atoms with Crippen LogP contribution in [0.5, 0.6) is 0 Å². The zero-order valence-electron chi connectivity index (χ0n) is 14.1. The number of nitrogens with one attached hydrogen (secondary N) is 2. The van der Waals surface area contributed by atoms with Gasteiger partial charge in [-0.05, 0) is 32.9 Å². The summed E-state index contributed by atoms with van der Waals surface area (Å²) in [6.07, 6.45) is 1.05. The minimum atomic E-state index is -3.42. The van der Waals surface area contributed by atoms with E-state index in [0.29, 0.717) is 17.1 Å². The number of carbonyl (C=O) groups is 1. The lowest BCUT2D eigenvalue weighted by molar-refractivity contribution is 0.0589. The zero-order valence-corrected chi connectivity index (χ0v) is 15.0. The Morgan fingerprint density at radius 1 is 1.33 bits per heavy atom. The molecule has 14 heteroatoms. The molecule has 0 saturated carbocycles. The number of sulfonamides is 1. The van der Waals surface area contributed by atoms with Crippen LogP contribution < -0.4 is 10.0 Å². The Kier molecular flexibility index (Phi) is 4.98. The summed E-state index contributed by atoms with van der Waals surface area (Å²) in [5, 5.41) is 21.3. The Balaban J connectivity index is 1.80. The van der Waals surface area contributed by atoms with Crippen molar-refractivity contribution >= 4 is 27.5 Å². The predicted octanol–water partition coefficient (Wildman–Crippen LogP) is -0.0492. The highest BCUT2D eigenvalue weighted by atomic mass is 32.2. The first-order valence-corrected chi connectivity index (χ1v) is 9.25. The van der Waals surface area contributed by atoms with Crippen molar-refractivity contribution in [2.45, 2.75) is 6.67 Å². The molecule has 3 aromatic rings. The van der Waals surface area contributed by atoms with Crippen LogP contribution in [0, 0.1) is 0 Å². The third-order valence-electron chi connectivity index (χ3n) is 3.22. The monoisotopic (exact) mass is 394 g/mol. The van der Waals surface area contributed by atoms with E-state index in [-0.39, 0.29) is 18.2 Å². The molecule has 0 bridgehead atoms. The lowest BCUT2D eigenvalue weighted by Crippen LogP contribution is -2.14. The van der Waals surface area contributed by atoms with Crippen LogP contribution in [-0.4, -0.2) is 58.3 Å². The number of tetrazole rings is 1. The maximum atomic E-state index is 11.6. The molecule has 0 aliphatic rings. The molecular formula is C13H14N8O5S. The van der Waals surface area contributed by atoms with Crippen LogP contribution in [0.15, 0.2) is 28.9 Å². The predicted molar refractivity (Wildman–Crippen MR) is 91.0 cm³/mol. The van der Waals surface area contributed by atoms with Gasteiger partial charge in [0.1, 0.15) is 6.67 Å². The summed E-state index contributed by atoms with van der Waals surface area (Å²) in [5.74, 6) is -0.290. The molecule has 0 radical (unpaired) electrons. The van der Waals surface area contributed by atoms with Crippen LogP contribution in [0.1, 0.15) is 10.5 Å². The van der Waals surface area contributed by atoms with Gasteiger partial charge in [0.25, 0.3) is 0 Å². The number of aromatic nitrogens is 6. The van der Waals surface area contributed by atoms with Crippen molar-refractivity contribution in [2.75, 3.05) is 23.4 Å². The lowest BCUT2D eigenvalue weighted by atomic mass is 10.2. The maximum Gasteiger partial charge on any atom is 0.364 e. The van der Waals surface area contributed by atoms with Crippen LogP contribution in [0.4, 0.5) is 11.5 Å². The van der Waals surface area contributed by atoms with Gasteiger partial charge in [-0.15, -0.1) is 5.10 Å². The van der Waals surface area contributed by atoms with E-state index in [1.807, 2.05) is 0 Å². The molecule has 0 fully saturated rings. The molecule has 3 rings (SSSR count). The third kappa shape index (κ3) is 4.35. The van der Waals surface area contributed by atoms with Crippen LogP contribution >= 0.6 is 0 Å². The molecule has 13 nitrogen and oxygen atoms in total. The Morgan fingerprint density at radius 2 is 2.15 bits per heavy atom. The topological polar surface area (TPSA) is 167 Å². The van der Waals surface area contributed by atoms with E-state index in [1.165, 1.54) is 11.8 Å². The Morgan fingerprint density at radius 3 is 2.89 bits per heavy atom. The molecular weight excluding hydrogens is 380 g/mol. The molecule has 0 unspecified atom stereocenters. The molecule has 0 atom stereocenters. The van der Waals surface area contributed by atoms with Gasteiger partial charge in [-0.25, -0.2) is 22.5 Å². The smallest absolute Gasteiger partial charge is 0.364 e. The van der Waals surface area contributed by atoms with Gasteiger partial charge >= 0.3 is 5.97 Å². The minimum absolute atomic E-state index is 0.0320. The average Bonchev–Trinajstić information content (AvgIpc) is 3.27. The van der Waals surface area contributed by atoms with Crippen molar-refractivity contribution < 1.29 is 22.6 Å². The highest BCUT2D eigenvalue weighted by Gasteiger charge is 2.19. The first-order valence-electron chi connectivity index (χ1n) is 7.36. The molecule has 0 saturated heterocycles. The number of nitrogens with zero attached hydrogens (tertiary/aromatic N) is 6. The van der Waals surface area contributed by atoms with Gasteiger partial charge in [0, 0.05) is 11.3 Å². The maximum absolute atomic E-state index is 11.6. The molecule has 0 spiro atoms. The number of methoxy groups -OCH3 is 1. The normalized spacial score (nSPS) is 11.2. The fraction of sp³-hybridized carbons (Fsp3) is 0.231. The van der Waals surface area contributed by atoms with Gasteiger partial charge in [-0.1, -0.05) is 12.1 Å². The van der Waals surface area contributed by atoms with Gasteiger partial charge in [0.15, 0.2) is 5.82 Å². The molecule has 27 heavy (non-hydrogen) atoms.